The van der Waals surface area contributed by atoms with E-state index < -0.39 is 31.5 Å². The number of rotatable bonds is 15. The standard InChI is InChI=1S/C25H36ClN3O7S/c1-4-6-13-35-14-7-12-27-37(33,34)25-16(26)9-10-18(22(25)30)29-21-20(23(31)24(21)32)28-17(5-2)19-11-8-15(3)36-19/h9-10,15,17,19,27-30H,4-8,11-14H2,1-3H3/t15-,17-,19-/m1/s1. The fraction of sp³-hybridized carbons (Fsp3) is 0.600. The maximum atomic E-state index is 12.9. The van der Waals surface area contributed by atoms with Gasteiger partial charge in [-0.3, -0.25) is 9.59 Å². The summed E-state index contributed by atoms with van der Waals surface area (Å²) in [6.45, 7) is 7.10. The average Bonchev–Trinajstić information content (AvgIpc) is 3.29. The summed E-state index contributed by atoms with van der Waals surface area (Å²) >= 11 is 6.13. The van der Waals surface area contributed by atoms with Crippen LogP contribution in [0.15, 0.2) is 26.6 Å². The number of anilines is 3. The Kier molecular flexibility index (Phi) is 10.4. The van der Waals surface area contributed by atoms with E-state index in [0.29, 0.717) is 26.1 Å². The van der Waals surface area contributed by atoms with Crippen LogP contribution in [0.2, 0.25) is 5.02 Å². The number of halogens is 1. The molecule has 2 aromatic carbocycles. The largest absolute Gasteiger partial charge is 0.504 e. The molecule has 206 valence electrons. The van der Waals surface area contributed by atoms with Crippen molar-refractivity contribution in [2.24, 2.45) is 0 Å². The summed E-state index contributed by atoms with van der Waals surface area (Å²) in [4.78, 5) is 24.2. The predicted molar refractivity (Wildman–Crippen MR) is 145 cm³/mol. The van der Waals surface area contributed by atoms with Gasteiger partial charge in [0, 0.05) is 19.8 Å². The Morgan fingerprint density at radius 1 is 1.14 bits per heavy atom. The molecule has 1 heterocycles. The second-order valence-electron chi connectivity index (χ2n) is 9.24. The van der Waals surface area contributed by atoms with Crippen LogP contribution in [0.4, 0.5) is 17.1 Å². The van der Waals surface area contributed by atoms with Crippen LogP contribution in [0.3, 0.4) is 0 Å². The van der Waals surface area contributed by atoms with Crippen LogP contribution < -0.4 is 26.2 Å². The molecule has 0 radical (unpaired) electrons. The van der Waals surface area contributed by atoms with Gasteiger partial charge in [-0.25, -0.2) is 13.1 Å². The average molecular weight is 558 g/mol. The number of ether oxygens (including phenoxy) is 2. The van der Waals surface area contributed by atoms with E-state index in [4.69, 9.17) is 21.1 Å². The molecule has 3 atom stereocenters. The Hall–Kier alpha value is -2.18. The quantitative estimate of drug-likeness (QED) is 0.147. The van der Waals surface area contributed by atoms with Crippen molar-refractivity contribution in [3.05, 3.63) is 37.6 Å². The number of unbranched alkanes of at least 4 members (excludes halogenated alkanes) is 1. The van der Waals surface area contributed by atoms with E-state index in [9.17, 15) is 23.1 Å². The first-order valence-corrected chi connectivity index (χ1v) is 14.6. The van der Waals surface area contributed by atoms with Crippen molar-refractivity contribution in [1.29, 1.82) is 0 Å². The van der Waals surface area contributed by atoms with Crippen LogP contribution in [0.1, 0.15) is 59.3 Å². The summed E-state index contributed by atoms with van der Waals surface area (Å²) in [5, 5.41) is 16.5. The van der Waals surface area contributed by atoms with Gasteiger partial charge in [0.1, 0.15) is 16.3 Å². The third-order valence-corrected chi connectivity index (χ3v) is 8.37. The van der Waals surface area contributed by atoms with Crippen molar-refractivity contribution in [2.45, 2.75) is 82.4 Å². The van der Waals surface area contributed by atoms with Crippen LogP contribution in [0, 0.1) is 0 Å². The van der Waals surface area contributed by atoms with Gasteiger partial charge < -0.3 is 25.2 Å². The summed E-state index contributed by atoms with van der Waals surface area (Å²) in [5.74, 6) is -0.654. The van der Waals surface area contributed by atoms with E-state index in [1.54, 1.807) is 0 Å². The lowest BCUT2D eigenvalue weighted by Crippen LogP contribution is -2.42. The monoisotopic (exact) mass is 557 g/mol. The smallest absolute Gasteiger partial charge is 0.253 e. The summed E-state index contributed by atoms with van der Waals surface area (Å²) in [5.41, 5.74) is -1.48. The zero-order chi connectivity index (χ0) is 27.2. The van der Waals surface area contributed by atoms with Gasteiger partial charge in [0.15, 0.2) is 5.75 Å². The van der Waals surface area contributed by atoms with Gasteiger partial charge >= 0.3 is 0 Å². The lowest BCUT2D eigenvalue weighted by Gasteiger charge is -2.26. The van der Waals surface area contributed by atoms with Crippen molar-refractivity contribution >= 4 is 38.7 Å². The highest BCUT2D eigenvalue weighted by Gasteiger charge is 2.32. The highest BCUT2D eigenvalue weighted by molar-refractivity contribution is 7.89. The number of nitrogens with one attached hydrogen (secondary N) is 3. The minimum absolute atomic E-state index is 0.0485. The predicted octanol–water partition coefficient (Wildman–Crippen LogP) is 3.63. The van der Waals surface area contributed by atoms with E-state index in [0.717, 1.165) is 25.7 Å². The number of phenolic OH excluding ortho intramolecular Hbond substituents is 1. The highest BCUT2D eigenvalue weighted by Crippen LogP contribution is 2.39. The van der Waals surface area contributed by atoms with Gasteiger partial charge in [-0.15, -0.1) is 0 Å². The number of benzene rings is 1. The molecule has 4 N–H and O–H groups in total. The van der Waals surface area contributed by atoms with Crippen molar-refractivity contribution < 1.29 is 23.0 Å². The van der Waals surface area contributed by atoms with E-state index in [1.165, 1.54) is 12.1 Å². The zero-order valence-corrected chi connectivity index (χ0v) is 23.0. The molecule has 12 heteroatoms. The summed E-state index contributed by atoms with van der Waals surface area (Å²) < 4.78 is 39.5. The molecule has 1 saturated heterocycles. The first-order valence-electron chi connectivity index (χ1n) is 12.7. The van der Waals surface area contributed by atoms with Crippen molar-refractivity contribution in [3.63, 3.8) is 0 Å². The third kappa shape index (κ3) is 7.02. The SMILES string of the molecule is CCCCOCCCNS(=O)(=O)c1c(Cl)ccc(Nc2c(N[C@H](CC)[C@H]3CC[C@@H](C)O3)c(=O)c2=O)c1O. The Morgan fingerprint density at radius 2 is 1.84 bits per heavy atom. The Bertz CT molecular complexity index is 1240. The molecule has 0 spiro atoms. The molecular weight excluding hydrogens is 522 g/mol. The van der Waals surface area contributed by atoms with Crippen LogP contribution in [0.25, 0.3) is 0 Å². The Morgan fingerprint density at radius 3 is 2.49 bits per heavy atom. The lowest BCUT2D eigenvalue weighted by molar-refractivity contribution is 0.0438. The molecule has 0 aliphatic carbocycles. The van der Waals surface area contributed by atoms with Crippen LogP contribution in [-0.2, 0) is 19.5 Å². The van der Waals surface area contributed by atoms with Crippen LogP contribution in [-0.4, -0.2) is 51.5 Å². The normalized spacial score (nSPS) is 18.8. The van der Waals surface area contributed by atoms with Crippen LogP contribution in [0.5, 0.6) is 5.75 Å². The molecule has 1 aliphatic heterocycles. The fourth-order valence-electron chi connectivity index (χ4n) is 4.26. The zero-order valence-electron chi connectivity index (χ0n) is 21.4. The molecule has 0 saturated carbocycles. The topological polar surface area (TPSA) is 143 Å². The number of phenols is 1. The Labute approximate surface area is 222 Å². The van der Waals surface area contributed by atoms with E-state index in [2.05, 4.69) is 22.3 Å². The summed E-state index contributed by atoms with van der Waals surface area (Å²) in [6, 6.07) is 2.46. The maximum Gasteiger partial charge on any atom is 0.253 e. The Balaban J connectivity index is 1.74. The van der Waals surface area contributed by atoms with Gasteiger partial charge in [0.25, 0.3) is 10.9 Å². The molecule has 1 aliphatic rings. The second-order valence-corrected chi connectivity index (χ2v) is 11.4. The molecule has 2 aromatic rings. The minimum Gasteiger partial charge on any atom is -0.504 e. The number of sulfonamides is 1. The second kappa shape index (κ2) is 13.1. The summed E-state index contributed by atoms with van der Waals surface area (Å²) in [7, 11) is -4.17. The van der Waals surface area contributed by atoms with Gasteiger partial charge in [-0.2, -0.15) is 0 Å². The number of hydrogen-bond donors (Lipinski definition) is 4. The van der Waals surface area contributed by atoms with Crippen molar-refractivity contribution in [2.75, 3.05) is 30.4 Å². The van der Waals surface area contributed by atoms with E-state index in [-0.39, 0.29) is 46.9 Å². The first-order chi connectivity index (χ1) is 17.6. The molecule has 10 nitrogen and oxygen atoms in total. The maximum absolute atomic E-state index is 12.9. The highest BCUT2D eigenvalue weighted by atomic mass is 35.5. The first kappa shape index (κ1) is 29.4. The minimum atomic E-state index is -4.17. The van der Waals surface area contributed by atoms with Crippen molar-refractivity contribution in [3.8, 4) is 5.75 Å². The van der Waals surface area contributed by atoms with Crippen LogP contribution >= 0.6 is 11.6 Å². The fourth-order valence-corrected chi connectivity index (χ4v) is 5.96. The lowest BCUT2D eigenvalue weighted by atomic mass is 10.0. The molecule has 37 heavy (non-hydrogen) atoms. The molecule has 1 fully saturated rings. The van der Waals surface area contributed by atoms with Gasteiger partial charge in [0.05, 0.1) is 29.0 Å². The molecular formula is C25H36ClN3O7S. The van der Waals surface area contributed by atoms with E-state index in [1.807, 2.05) is 13.8 Å². The van der Waals surface area contributed by atoms with Gasteiger partial charge in [0.2, 0.25) is 10.0 Å². The van der Waals surface area contributed by atoms with Crippen molar-refractivity contribution in [1.82, 2.24) is 4.72 Å². The number of hydrogen-bond acceptors (Lipinski definition) is 9. The third-order valence-electron chi connectivity index (χ3n) is 6.41. The summed E-state index contributed by atoms with van der Waals surface area (Å²) in [6.07, 6.45) is 4.83. The van der Waals surface area contributed by atoms with Gasteiger partial charge in [-0.05, 0) is 51.2 Å². The molecule has 3 rings (SSSR count). The van der Waals surface area contributed by atoms with Gasteiger partial charge in [-0.1, -0.05) is 31.9 Å². The number of aromatic hydroxyl groups is 1. The molecule has 0 bridgehead atoms. The molecule has 0 aromatic heterocycles. The molecule has 0 amide bonds. The molecule has 0 unspecified atom stereocenters. The van der Waals surface area contributed by atoms with E-state index >= 15 is 0 Å².